The summed E-state index contributed by atoms with van der Waals surface area (Å²) in [6.07, 6.45) is 2.69. The highest BCUT2D eigenvalue weighted by Crippen LogP contribution is 2.15. The lowest BCUT2D eigenvalue weighted by Gasteiger charge is -2.36. The standard InChI is InChI=1S/C15H26N4O/c1-13-10-15(20-17-13)12-19-8-6-18(7-9-19)11-14-2-4-16-5-3-14/h10,14,16H,2-9,11-12H2,1H3. The molecule has 1 N–H and O–H groups in total. The highest BCUT2D eigenvalue weighted by Gasteiger charge is 2.21. The summed E-state index contributed by atoms with van der Waals surface area (Å²) < 4.78 is 5.30. The summed E-state index contributed by atoms with van der Waals surface area (Å²) in [5, 5.41) is 7.40. The molecule has 0 aliphatic carbocycles. The van der Waals surface area contributed by atoms with Crippen LogP contribution in [0.5, 0.6) is 0 Å². The molecular formula is C15H26N4O. The molecule has 3 rings (SSSR count). The Morgan fingerprint density at radius 2 is 1.90 bits per heavy atom. The molecule has 2 saturated heterocycles. The van der Waals surface area contributed by atoms with Crippen molar-refractivity contribution < 1.29 is 4.52 Å². The van der Waals surface area contributed by atoms with Gasteiger partial charge in [-0.1, -0.05) is 5.16 Å². The summed E-state index contributed by atoms with van der Waals surface area (Å²) in [4.78, 5) is 5.11. The van der Waals surface area contributed by atoms with Crippen molar-refractivity contribution in [3.8, 4) is 0 Å². The van der Waals surface area contributed by atoms with Crippen LogP contribution in [0.3, 0.4) is 0 Å². The summed E-state index contributed by atoms with van der Waals surface area (Å²) in [6.45, 7) is 11.2. The predicted molar refractivity (Wildman–Crippen MR) is 78.6 cm³/mol. The summed E-state index contributed by atoms with van der Waals surface area (Å²) in [6, 6.07) is 2.04. The number of piperidine rings is 1. The van der Waals surface area contributed by atoms with E-state index >= 15 is 0 Å². The molecule has 0 saturated carbocycles. The van der Waals surface area contributed by atoms with Crippen LogP contribution in [0.2, 0.25) is 0 Å². The monoisotopic (exact) mass is 278 g/mol. The maximum absolute atomic E-state index is 5.30. The topological polar surface area (TPSA) is 44.5 Å². The molecule has 1 aromatic heterocycles. The minimum Gasteiger partial charge on any atom is -0.360 e. The second-order valence-electron chi connectivity index (χ2n) is 6.20. The maximum Gasteiger partial charge on any atom is 0.150 e. The van der Waals surface area contributed by atoms with E-state index in [9.17, 15) is 0 Å². The van der Waals surface area contributed by atoms with E-state index in [0.717, 1.165) is 37.0 Å². The number of nitrogens with one attached hydrogen (secondary N) is 1. The number of aryl methyl sites for hydroxylation is 1. The molecule has 2 aliphatic rings. The van der Waals surface area contributed by atoms with Gasteiger partial charge in [0.2, 0.25) is 0 Å². The highest BCUT2D eigenvalue weighted by molar-refractivity contribution is 5.03. The van der Waals surface area contributed by atoms with E-state index in [0.29, 0.717) is 0 Å². The summed E-state index contributed by atoms with van der Waals surface area (Å²) in [5.41, 5.74) is 0.976. The predicted octanol–water partition coefficient (Wildman–Crippen LogP) is 1.10. The zero-order chi connectivity index (χ0) is 13.8. The first-order valence-electron chi connectivity index (χ1n) is 7.87. The third kappa shape index (κ3) is 3.81. The van der Waals surface area contributed by atoms with Gasteiger partial charge in [-0.25, -0.2) is 0 Å². The Morgan fingerprint density at radius 3 is 2.55 bits per heavy atom. The van der Waals surface area contributed by atoms with Crippen LogP contribution in [0, 0.1) is 12.8 Å². The summed E-state index contributed by atoms with van der Waals surface area (Å²) >= 11 is 0. The minimum atomic E-state index is 0.903. The van der Waals surface area contributed by atoms with E-state index in [2.05, 4.69) is 20.3 Å². The van der Waals surface area contributed by atoms with E-state index in [4.69, 9.17) is 4.52 Å². The minimum absolute atomic E-state index is 0.903. The van der Waals surface area contributed by atoms with Crippen LogP contribution < -0.4 is 5.32 Å². The van der Waals surface area contributed by atoms with Crippen LogP contribution in [0.15, 0.2) is 10.6 Å². The van der Waals surface area contributed by atoms with Gasteiger partial charge >= 0.3 is 0 Å². The molecule has 0 radical (unpaired) electrons. The van der Waals surface area contributed by atoms with Crippen LogP contribution >= 0.6 is 0 Å². The van der Waals surface area contributed by atoms with Crippen molar-refractivity contribution in [2.75, 3.05) is 45.8 Å². The van der Waals surface area contributed by atoms with Crippen LogP contribution in [0.25, 0.3) is 0 Å². The Labute approximate surface area is 121 Å². The van der Waals surface area contributed by atoms with Crippen molar-refractivity contribution in [2.45, 2.75) is 26.3 Å². The van der Waals surface area contributed by atoms with Gasteiger partial charge in [-0.05, 0) is 38.8 Å². The Morgan fingerprint density at radius 1 is 1.20 bits per heavy atom. The maximum atomic E-state index is 5.30. The van der Waals surface area contributed by atoms with E-state index in [1.165, 1.54) is 45.6 Å². The van der Waals surface area contributed by atoms with Crippen molar-refractivity contribution in [3.63, 3.8) is 0 Å². The molecule has 2 aliphatic heterocycles. The number of hydrogen-bond donors (Lipinski definition) is 1. The lowest BCUT2D eigenvalue weighted by molar-refractivity contribution is 0.100. The average molecular weight is 278 g/mol. The van der Waals surface area contributed by atoms with Crippen molar-refractivity contribution in [1.82, 2.24) is 20.3 Å². The normalized spacial score (nSPS) is 23.2. The van der Waals surface area contributed by atoms with Crippen LogP contribution in [0.1, 0.15) is 24.3 Å². The number of nitrogens with zero attached hydrogens (tertiary/aromatic N) is 3. The second kappa shape index (κ2) is 6.70. The lowest BCUT2D eigenvalue weighted by Crippen LogP contribution is -2.48. The SMILES string of the molecule is Cc1cc(CN2CCN(CC3CCNCC3)CC2)on1. The Bertz CT molecular complexity index is 406. The molecule has 5 heteroatoms. The van der Waals surface area contributed by atoms with Gasteiger partial charge in [0.15, 0.2) is 5.76 Å². The zero-order valence-electron chi connectivity index (χ0n) is 12.5. The van der Waals surface area contributed by atoms with Crippen molar-refractivity contribution in [3.05, 3.63) is 17.5 Å². The zero-order valence-corrected chi connectivity index (χ0v) is 12.5. The van der Waals surface area contributed by atoms with Gasteiger partial charge in [-0.15, -0.1) is 0 Å². The van der Waals surface area contributed by atoms with Crippen molar-refractivity contribution in [2.24, 2.45) is 5.92 Å². The number of piperazine rings is 1. The first-order chi connectivity index (χ1) is 9.79. The van der Waals surface area contributed by atoms with Crippen molar-refractivity contribution >= 4 is 0 Å². The largest absolute Gasteiger partial charge is 0.360 e. The molecule has 0 bridgehead atoms. The fraction of sp³-hybridized carbons (Fsp3) is 0.800. The van der Waals surface area contributed by atoms with Gasteiger partial charge < -0.3 is 14.7 Å². The highest BCUT2D eigenvalue weighted by atomic mass is 16.5. The fourth-order valence-corrected chi connectivity index (χ4v) is 3.27. The molecule has 2 fully saturated rings. The second-order valence-corrected chi connectivity index (χ2v) is 6.20. The van der Waals surface area contributed by atoms with Gasteiger partial charge in [0.1, 0.15) is 0 Å². The first kappa shape index (κ1) is 14.0. The van der Waals surface area contributed by atoms with Crippen LogP contribution in [-0.2, 0) is 6.54 Å². The van der Waals surface area contributed by atoms with Gasteiger partial charge in [0.05, 0.1) is 12.2 Å². The van der Waals surface area contributed by atoms with Gasteiger partial charge in [-0.3, -0.25) is 4.90 Å². The van der Waals surface area contributed by atoms with E-state index < -0.39 is 0 Å². The Balaban J connectivity index is 1.40. The number of rotatable bonds is 4. The van der Waals surface area contributed by atoms with Gasteiger partial charge in [0.25, 0.3) is 0 Å². The molecule has 1 aromatic rings. The Hall–Kier alpha value is -0.910. The third-order valence-electron chi connectivity index (χ3n) is 4.50. The van der Waals surface area contributed by atoms with E-state index in [-0.39, 0.29) is 0 Å². The van der Waals surface area contributed by atoms with Crippen molar-refractivity contribution in [1.29, 1.82) is 0 Å². The molecule has 0 spiro atoms. The molecule has 5 nitrogen and oxygen atoms in total. The molecule has 3 heterocycles. The summed E-state index contributed by atoms with van der Waals surface area (Å²) in [5.74, 6) is 1.90. The fourth-order valence-electron chi connectivity index (χ4n) is 3.27. The molecule has 0 aromatic carbocycles. The molecule has 112 valence electrons. The van der Waals surface area contributed by atoms with Crippen LogP contribution in [-0.4, -0.2) is 60.8 Å². The Kier molecular flexibility index (Phi) is 4.70. The number of hydrogen-bond acceptors (Lipinski definition) is 5. The smallest absolute Gasteiger partial charge is 0.150 e. The molecular weight excluding hydrogens is 252 g/mol. The number of aromatic nitrogens is 1. The van der Waals surface area contributed by atoms with Gasteiger partial charge in [0, 0.05) is 38.8 Å². The van der Waals surface area contributed by atoms with E-state index in [1.54, 1.807) is 0 Å². The molecule has 0 atom stereocenters. The lowest BCUT2D eigenvalue weighted by atomic mass is 9.97. The third-order valence-corrected chi connectivity index (χ3v) is 4.50. The first-order valence-corrected chi connectivity index (χ1v) is 7.87. The summed E-state index contributed by atoms with van der Waals surface area (Å²) in [7, 11) is 0. The molecule has 0 amide bonds. The van der Waals surface area contributed by atoms with Crippen LogP contribution in [0.4, 0.5) is 0 Å². The molecule has 0 unspecified atom stereocenters. The quantitative estimate of drug-likeness (QED) is 0.893. The van der Waals surface area contributed by atoms with Gasteiger partial charge in [-0.2, -0.15) is 0 Å². The molecule has 20 heavy (non-hydrogen) atoms. The van der Waals surface area contributed by atoms with E-state index in [1.807, 2.05) is 13.0 Å². The average Bonchev–Trinajstić information content (AvgIpc) is 2.88.